The van der Waals surface area contributed by atoms with Crippen molar-refractivity contribution in [1.29, 1.82) is 0 Å². The van der Waals surface area contributed by atoms with E-state index in [1.54, 1.807) is 17.0 Å². The van der Waals surface area contributed by atoms with Crippen LogP contribution in [-0.2, 0) is 29.0 Å². The summed E-state index contributed by atoms with van der Waals surface area (Å²) in [5.41, 5.74) is 2.58. The molecule has 0 spiro atoms. The second kappa shape index (κ2) is 13.2. The van der Waals surface area contributed by atoms with Crippen molar-refractivity contribution in [2.24, 2.45) is 0 Å². The first kappa shape index (κ1) is 25.8. The Morgan fingerprint density at radius 1 is 0.912 bits per heavy atom. The van der Waals surface area contributed by atoms with Crippen molar-refractivity contribution in [1.82, 2.24) is 10.2 Å². The zero-order valence-electron chi connectivity index (χ0n) is 19.3. The number of nitrogens with zero attached hydrogens (tertiary/aromatic N) is 1. The van der Waals surface area contributed by atoms with E-state index in [1.165, 1.54) is 0 Å². The minimum absolute atomic E-state index is 0.105. The van der Waals surface area contributed by atoms with Crippen LogP contribution in [0.25, 0.3) is 0 Å². The summed E-state index contributed by atoms with van der Waals surface area (Å²) in [5, 5.41) is 4.15. The third-order valence-electron chi connectivity index (χ3n) is 5.64. The molecule has 0 aliphatic heterocycles. The van der Waals surface area contributed by atoms with Gasteiger partial charge in [0.2, 0.25) is 11.8 Å². The maximum Gasteiger partial charge on any atom is 0.243 e. The van der Waals surface area contributed by atoms with Crippen molar-refractivity contribution in [3.63, 3.8) is 0 Å². The first-order chi connectivity index (χ1) is 16.5. The smallest absolute Gasteiger partial charge is 0.243 e. The van der Waals surface area contributed by atoms with Gasteiger partial charge in [-0.15, -0.1) is 0 Å². The number of amides is 2. The Balaban J connectivity index is 1.95. The fraction of sp³-hybridized carbons (Fsp3) is 0.286. The molecule has 1 N–H and O–H groups in total. The van der Waals surface area contributed by atoms with Gasteiger partial charge in [-0.2, -0.15) is 0 Å². The SMILES string of the molecule is CCCCNC(=O)[C@H](Cc1ccccc1)N(Cc1cccc(Cl)c1)C(=O)Cc1ccccc1Cl. The lowest BCUT2D eigenvalue weighted by molar-refractivity contribution is -0.140. The molecule has 3 rings (SSSR count). The molecular formula is C28H30Cl2N2O2. The summed E-state index contributed by atoms with van der Waals surface area (Å²) in [7, 11) is 0. The number of hydrogen-bond donors (Lipinski definition) is 1. The largest absolute Gasteiger partial charge is 0.354 e. The van der Waals surface area contributed by atoms with Crippen LogP contribution in [0.5, 0.6) is 0 Å². The quantitative estimate of drug-likeness (QED) is 0.326. The lowest BCUT2D eigenvalue weighted by Gasteiger charge is -2.32. The zero-order chi connectivity index (χ0) is 24.3. The molecule has 0 aliphatic carbocycles. The molecule has 3 aromatic carbocycles. The summed E-state index contributed by atoms with van der Waals surface area (Å²) in [5.74, 6) is -0.327. The van der Waals surface area contributed by atoms with E-state index in [2.05, 4.69) is 12.2 Å². The lowest BCUT2D eigenvalue weighted by atomic mass is 10.0. The van der Waals surface area contributed by atoms with Gasteiger partial charge in [-0.3, -0.25) is 9.59 Å². The van der Waals surface area contributed by atoms with Crippen molar-refractivity contribution >= 4 is 35.0 Å². The van der Waals surface area contributed by atoms with Gasteiger partial charge in [0.15, 0.2) is 0 Å². The van der Waals surface area contributed by atoms with Gasteiger partial charge in [-0.25, -0.2) is 0 Å². The maximum absolute atomic E-state index is 13.7. The fourth-order valence-corrected chi connectivity index (χ4v) is 4.21. The molecule has 2 amide bonds. The third kappa shape index (κ3) is 7.61. The molecule has 1 atom stereocenters. The molecule has 0 saturated carbocycles. The van der Waals surface area contributed by atoms with Crippen LogP contribution in [0, 0.1) is 0 Å². The van der Waals surface area contributed by atoms with Crippen molar-refractivity contribution in [2.45, 2.75) is 45.2 Å². The minimum atomic E-state index is -0.673. The number of halogens is 2. The number of rotatable bonds is 11. The molecule has 6 heteroatoms. The molecule has 178 valence electrons. The fourth-order valence-electron chi connectivity index (χ4n) is 3.80. The molecule has 0 fully saturated rings. The summed E-state index contributed by atoms with van der Waals surface area (Å²) >= 11 is 12.6. The van der Waals surface area contributed by atoms with Crippen molar-refractivity contribution in [3.05, 3.63) is 106 Å². The Bertz CT molecular complexity index is 1090. The van der Waals surface area contributed by atoms with E-state index in [0.717, 1.165) is 29.5 Å². The summed E-state index contributed by atoms with van der Waals surface area (Å²) in [6.07, 6.45) is 2.37. The average Bonchev–Trinajstić information content (AvgIpc) is 2.83. The summed E-state index contributed by atoms with van der Waals surface area (Å²) in [6.45, 7) is 2.92. The highest BCUT2D eigenvalue weighted by atomic mass is 35.5. The van der Waals surface area contributed by atoms with Crippen LogP contribution >= 0.6 is 23.2 Å². The molecule has 0 aliphatic rings. The second-order valence-corrected chi connectivity index (χ2v) is 9.11. The molecule has 34 heavy (non-hydrogen) atoms. The Hall–Kier alpha value is -2.82. The van der Waals surface area contributed by atoms with Gasteiger partial charge in [0.1, 0.15) is 6.04 Å². The van der Waals surface area contributed by atoms with Gasteiger partial charge in [-0.1, -0.05) is 97.2 Å². The molecule has 0 bridgehead atoms. The lowest BCUT2D eigenvalue weighted by Crippen LogP contribution is -2.51. The number of benzene rings is 3. The van der Waals surface area contributed by atoms with Gasteiger partial charge < -0.3 is 10.2 Å². The number of hydrogen-bond acceptors (Lipinski definition) is 2. The van der Waals surface area contributed by atoms with Gasteiger partial charge >= 0.3 is 0 Å². The predicted molar refractivity (Wildman–Crippen MR) is 139 cm³/mol. The summed E-state index contributed by atoms with van der Waals surface area (Å²) in [6, 6.07) is 23.8. The monoisotopic (exact) mass is 496 g/mol. The topological polar surface area (TPSA) is 49.4 Å². The minimum Gasteiger partial charge on any atom is -0.354 e. The van der Waals surface area contributed by atoms with Gasteiger partial charge in [0.05, 0.1) is 6.42 Å². The Morgan fingerprint density at radius 3 is 2.32 bits per heavy atom. The van der Waals surface area contributed by atoms with E-state index in [9.17, 15) is 9.59 Å². The van der Waals surface area contributed by atoms with Gasteiger partial charge in [0, 0.05) is 29.6 Å². The molecule has 4 nitrogen and oxygen atoms in total. The number of carbonyl (C=O) groups excluding carboxylic acids is 2. The van der Waals surface area contributed by atoms with E-state index >= 15 is 0 Å². The van der Waals surface area contributed by atoms with Crippen LogP contribution < -0.4 is 5.32 Å². The molecule has 3 aromatic rings. The first-order valence-electron chi connectivity index (χ1n) is 11.6. The number of carbonyl (C=O) groups is 2. The normalized spacial score (nSPS) is 11.6. The molecule has 0 aromatic heterocycles. The van der Waals surface area contributed by atoms with Crippen molar-refractivity contribution < 1.29 is 9.59 Å². The van der Waals surface area contributed by atoms with E-state index in [1.807, 2.05) is 66.7 Å². The number of nitrogens with one attached hydrogen (secondary N) is 1. The Labute approximate surface area is 211 Å². The average molecular weight is 497 g/mol. The van der Waals surface area contributed by atoms with E-state index in [-0.39, 0.29) is 24.8 Å². The van der Waals surface area contributed by atoms with Crippen LogP contribution in [-0.4, -0.2) is 29.3 Å². The van der Waals surface area contributed by atoms with Crippen LogP contribution in [0.4, 0.5) is 0 Å². The first-order valence-corrected chi connectivity index (χ1v) is 12.3. The standard InChI is InChI=1S/C28H30Cl2N2O2/c1-2-3-16-31-28(34)26(18-21-10-5-4-6-11-21)32(20-22-12-9-14-24(29)17-22)27(33)19-23-13-7-8-15-25(23)30/h4-15,17,26H,2-3,16,18-20H2,1H3,(H,31,34)/t26-/m0/s1. The van der Waals surface area contributed by atoms with Crippen LogP contribution in [0.15, 0.2) is 78.9 Å². The van der Waals surface area contributed by atoms with Crippen molar-refractivity contribution in [2.75, 3.05) is 6.54 Å². The summed E-state index contributed by atoms with van der Waals surface area (Å²) < 4.78 is 0. The molecular weight excluding hydrogens is 467 g/mol. The summed E-state index contributed by atoms with van der Waals surface area (Å²) in [4.78, 5) is 28.7. The third-order valence-corrected chi connectivity index (χ3v) is 6.25. The highest BCUT2D eigenvalue weighted by Gasteiger charge is 2.30. The van der Waals surface area contributed by atoms with Crippen LogP contribution in [0.1, 0.15) is 36.5 Å². The molecule has 0 radical (unpaired) electrons. The van der Waals surface area contributed by atoms with Gasteiger partial charge in [-0.05, 0) is 41.3 Å². The van der Waals surface area contributed by atoms with E-state index < -0.39 is 6.04 Å². The second-order valence-electron chi connectivity index (χ2n) is 8.27. The van der Waals surface area contributed by atoms with Crippen LogP contribution in [0.3, 0.4) is 0 Å². The highest BCUT2D eigenvalue weighted by molar-refractivity contribution is 6.31. The van der Waals surface area contributed by atoms with Crippen LogP contribution in [0.2, 0.25) is 10.0 Å². The van der Waals surface area contributed by atoms with E-state index in [4.69, 9.17) is 23.2 Å². The molecule has 0 heterocycles. The molecule has 0 saturated heterocycles. The highest BCUT2D eigenvalue weighted by Crippen LogP contribution is 2.21. The number of unbranched alkanes of at least 4 members (excludes halogenated alkanes) is 1. The van der Waals surface area contributed by atoms with E-state index in [0.29, 0.717) is 23.0 Å². The Kier molecular flexibility index (Phi) is 9.99. The van der Waals surface area contributed by atoms with Gasteiger partial charge in [0.25, 0.3) is 0 Å². The van der Waals surface area contributed by atoms with Crippen molar-refractivity contribution in [3.8, 4) is 0 Å². The zero-order valence-corrected chi connectivity index (χ0v) is 20.9. The Morgan fingerprint density at radius 2 is 1.62 bits per heavy atom. The molecule has 0 unspecified atom stereocenters. The maximum atomic E-state index is 13.7. The predicted octanol–water partition coefficient (Wildman–Crippen LogP) is 6.09.